The Balaban J connectivity index is 2.64. The summed E-state index contributed by atoms with van der Waals surface area (Å²) in [6.45, 7) is 0.663. The second-order valence-electron chi connectivity index (χ2n) is 2.91. The lowest BCUT2D eigenvalue weighted by molar-refractivity contribution is -0.107. The molecule has 0 heterocycles. The van der Waals surface area contributed by atoms with Gasteiger partial charge >= 0.3 is 0 Å². The fourth-order valence-electron chi connectivity index (χ4n) is 1.12. The number of hydrogen-bond donors (Lipinski definition) is 1. The summed E-state index contributed by atoms with van der Waals surface area (Å²) in [7, 11) is 0. The lowest BCUT2D eigenvalue weighted by Gasteiger charge is -1.97. The predicted octanol–water partition coefficient (Wildman–Crippen LogP) is 1.13. The van der Waals surface area contributed by atoms with Gasteiger partial charge in [0.1, 0.15) is 6.29 Å². The lowest BCUT2D eigenvalue weighted by atomic mass is 10.1. The zero-order valence-corrected chi connectivity index (χ0v) is 7.99. The van der Waals surface area contributed by atoms with Gasteiger partial charge in [-0.15, -0.1) is 0 Å². The summed E-state index contributed by atoms with van der Waals surface area (Å²) in [5.41, 5.74) is 7.58. The summed E-state index contributed by atoms with van der Waals surface area (Å²) in [6, 6.07) is 7.92. The van der Waals surface area contributed by atoms with Crippen LogP contribution in [-0.4, -0.2) is 12.8 Å². The first-order chi connectivity index (χ1) is 6.86. The topological polar surface area (TPSA) is 43.1 Å². The van der Waals surface area contributed by atoms with Crippen molar-refractivity contribution in [1.82, 2.24) is 0 Å². The zero-order valence-electron chi connectivity index (χ0n) is 7.99. The Morgan fingerprint density at radius 1 is 1.29 bits per heavy atom. The van der Waals surface area contributed by atoms with Crippen molar-refractivity contribution in [3.8, 4) is 11.8 Å². The van der Waals surface area contributed by atoms with Crippen LogP contribution in [0.1, 0.15) is 17.5 Å². The minimum Gasteiger partial charge on any atom is -0.330 e. The Labute approximate surface area is 84.1 Å². The third kappa shape index (κ3) is 3.42. The summed E-state index contributed by atoms with van der Waals surface area (Å²) < 4.78 is 0. The highest BCUT2D eigenvalue weighted by atomic mass is 16.1. The Kier molecular flexibility index (Phi) is 4.46. The average molecular weight is 187 g/mol. The van der Waals surface area contributed by atoms with E-state index in [1.165, 1.54) is 5.56 Å². The standard InChI is InChI=1S/C12H13NO/c13-9-8-12-6-4-11(5-7-12)3-1-2-10-14/h4-7,10H,2,8-9,13H2. The van der Waals surface area contributed by atoms with Crippen LogP contribution in [0.15, 0.2) is 24.3 Å². The molecule has 0 saturated carbocycles. The number of carbonyl (C=O) groups excluding carboxylic acids is 1. The van der Waals surface area contributed by atoms with Crippen molar-refractivity contribution in [2.75, 3.05) is 6.54 Å². The van der Waals surface area contributed by atoms with Crippen molar-refractivity contribution in [3.63, 3.8) is 0 Å². The van der Waals surface area contributed by atoms with Crippen LogP contribution >= 0.6 is 0 Å². The Hall–Kier alpha value is -1.59. The van der Waals surface area contributed by atoms with Crippen molar-refractivity contribution in [1.29, 1.82) is 0 Å². The largest absolute Gasteiger partial charge is 0.330 e. The van der Waals surface area contributed by atoms with Gasteiger partial charge in [0.25, 0.3) is 0 Å². The third-order valence-electron chi connectivity index (χ3n) is 1.81. The van der Waals surface area contributed by atoms with E-state index in [2.05, 4.69) is 11.8 Å². The molecule has 0 saturated heterocycles. The fraction of sp³-hybridized carbons (Fsp3) is 0.250. The maximum atomic E-state index is 10.0. The first kappa shape index (κ1) is 10.5. The SMILES string of the molecule is NCCc1ccc(C#CCC=O)cc1. The van der Waals surface area contributed by atoms with Crippen LogP contribution < -0.4 is 5.73 Å². The number of hydrogen-bond acceptors (Lipinski definition) is 2. The maximum absolute atomic E-state index is 10.0. The molecule has 0 aliphatic heterocycles. The Morgan fingerprint density at radius 2 is 2.00 bits per heavy atom. The van der Waals surface area contributed by atoms with Crippen molar-refractivity contribution in [2.45, 2.75) is 12.8 Å². The van der Waals surface area contributed by atoms with Crippen LogP contribution in [0.3, 0.4) is 0 Å². The molecule has 72 valence electrons. The molecule has 0 amide bonds. The molecule has 0 aliphatic rings. The number of rotatable bonds is 3. The second kappa shape index (κ2) is 5.95. The Morgan fingerprint density at radius 3 is 2.57 bits per heavy atom. The molecule has 14 heavy (non-hydrogen) atoms. The van der Waals surface area contributed by atoms with Gasteiger partial charge in [0.15, 0.2) is 0 Å². The van der Waals surface area contributed by atoms with Gasteiger partial charge in [-0.05, 0) is 30.7 Å². The van der Waals surface area contributed by atoms with Crippen LogP contribution in [0.5, 0.6) is 0 Å². The number of nitrogens with two attached hydrogens (primary N) is 1. The van der Waals surface area contributed by atoms with E-state index in [4.69, 9.17) is 5.73 Å². The summed E-state index contributed by atoms with van der Waals surface area (Å²) in [5.74, 6) is 5.66. The van der Waals surface area contributed by atoms with Crippen molar-refractivity contribution < 1.29 is 4.79 Å². The van der Waals surface area contributed by atoms with Gasteiger partial charge in [0, 0.05) is 5.56 Å². The molecule has 2 nitrogen and oxygen atoms in total. The molecule has 1 aromatic rings. The van der Waals surface area contributed by atoms with E-state index in [0.717, 1.165) is 18.3 Å². The molecule has 0 aromatic heterocycles. The van der Waals surface area contributed by atoms with Gasteiger partial charge in [0.05, 0.1) is 6.42 Å². The maximum Gasteiger partial charge on any atom is 0.131 e. The molecular formula is C12H13NO. The molecule has 0 aliphatic carbocycles. The van der Waals surface area contributed by atoms with Gasteiger partial charge in [0.2, 0.25) is 0 Å². The van der Waals surface area contributed by atoms with E-state index in [9.17, 15) is 4.79 Å². The summed E-state index contributed by atoms with van der Waals surface area (Å²) in [4.78, 5) is 10.0. The van der Waals surface area contributed by atoms with E-state index in [-0.39, 0.29) is 0 Å². The third-order valence-corrected chi connectivity index (χ3v) is 1.81. The van der Waals surface area contributed by atoms with Crippen LogP contribution in [0, 0.1) is 11.8 Å². The summed E-state index contributed by atoms with van der Waals surface area (Å²) in [5, 5.41) is 0. The van der Waals surface area contributed by atoms with E-state index in [0.29, 0.717) is 13.0 Å². The fourth-order valence-corrected chi connectivity index (χ4v) is 1.12. The van der Waals surface area contributed by atoms with Gasteiger partial charge in [-0.3, -0.25) is 0 Å². The first-order valence-electron chi connectivity index (χ1n) is 4.58. The molecule has 0 fully saturated rings. The highest BCUT2D eigenvalue weighted by molar-refractivity contribution is 5.54. The second-order valence-corrected chi connectivity index (χ2v) is 2.91. The summed E-state index contributed by atoms with van der Waals surface area (Å²) in [6.07, 6.45) is 1.99. The highest BCUT2D eigenvalue weighted by Gasteiger charge is 1.90. The van der Waals surface area contributed by atoms with Crippen molar-refractivity contribution in [3.05, 3.63) is 35.4 Å². The molecule has 0 unspecified atom stereocenters. The number of benzene rings is 1. The molecule has 0 spiro atoms. The molecular weight excluding hydrogens is 174 g/mol. The molecule has 1 aromatic carbocycles. The quantitative estimate of drug-likeness (QED) is 0.569. The van der Waals surface area contributed by atoms with Crippen molar-refractivity contribution in [2.24, 2.45) is 5.73 Å². The zero-order chi connectivity index (χ0) is 10.2. The van der Waals surface area contributed by atoms with Crippen LogP contribution in [0.25, 0.3) is 0 Å². The van der Waals surface area contributed by atoms with Crippen molar-refractivity contribution >= 4 is 6.29 Å². The number of carbonyl (C=O) groups is 1. The van der Waals surface area contributed by atoms with Gasteiger partial charge in [-0.25, -0.2) is 0 Å². The molecule has 0 radical (unpaired) electrons. The minimum absolute atomic E-state index is 0.296. The molecule has 2 N–H and O–H groups in total. The summed E-state index contributed by atoms with van der Waals surface area (Å²) >= 11 is 0. The predicted molar refractivity (Wildman–Crippen MR) is 56.8 cm³/mol. The number of aldehydes is 1. The van der Waals surface area contributed by atoms with Gasteiger partial charge < -0.3 is 10.5 Å². The van der Waals surface area contributed by atoms with Gasteiger partial charge in [-0.1, -0.05) is 24.0 Å². The highest BCUT2D eigenvalue weighted by Crippen LogP contribution is 2.03. The van der Waals surface area contributed by atoms with Crippen LogP contribution in [-0.2, 0) is 11.2 Å². The molecule has 0 atom stereocenters. The monoisotopic (exact) mass is 187 g/mol. The first-order valence-corrected chi connectivity index (χ1v) is 4.58. The van der Waals surface area contributed by atoms with E-state index < -0.39 is 0 Å². The smallest absolute Gasteiger partial charge is 0.131 e. The molecule has 2 heteroatoms. The van der Waals surface area contributed by atoms with E-state index in [1.54, 1.807) is 0 Å². The van der Waals surface area contributed by atoms with E-state index in [1.807, 2.05) is 24.3 Å². The van der Waals surface area contributed by atoms with Crippen LogP contribution in [0.4, 0.5) is 0 Å². The minimum atomic E-state index is 0.296. The lowest BCUT2D eigenvalue weighted by Crippen LogP contribution is -2.02. The normalized spacial score (nSPS) is 8.93. The average Bonchev–Trinajstić information content (AvgIpc) is 2.21. The van der Waals surface area contributed by atoms with E-state index >= 15 is 0 Å². The molecule has 0 bridgehead atoms. The van der Waals surface area contributed by atoms with Crippen LogP contribution in [0.2, 0.25) is 0 Å². The Bertz CT molecular complexity index is 343. The van der Waals surface area contributed by atoms with Gasteiger partial charge in [-0.2, -0.15) is 0 Å². The molecule has 1 rings (SSSR count).